The summed E-state index contributed by atoms with van der Waals surface area (Å²) >= 11 is 0. The van der Waals surface area contributed by atoms with Gasteiger partial charge in [-0.2, -0.15) is 0 Å². The minimum atomic E-state index is 0.131. The maximum Gasteiger partial charge on any atom is 0.221 e. The van der Waals surface area contributed by atoms with Gasteiger partial charge in [-0.3, -0.25) is 9.69 Å². The molecule has 1 amide bonds. The van der Waals surface area contributed by atoms with Crippen molar-refractivity contribution < 1.29 is 9.53 Å². The zero-order chi connectivity index (χ0) is 12.5. The van der Waals surface area contributed by atoms with Gasteiger partial charge in [-0.15, -0.1) is 0 Å². The molecule has 1 fully saturated rings. The van der Waals surface area contributed by atoms with E-state index in [4.69, 9.17) is 4.74 Å². The van der Waals surface area contributed by atoms with Crippen LogP contribution in [0.25, 0.3) is 0 Å². The van der Waals surface area contributed by atoms with Crippen LogP contribution in [0.4, 0.5) is 0 Å². The Bertz CT molecular complexity index is 218. The quantitative estimate of drug-likeness (QED) is 0.609. The predicted octanol–water partition coefficient (Wildman–Crippen LogP) is -0.177. The van der Waals surface area contributed by atoms with Crippen molar-refractivity contribution in [3.05, 3.63) is 0 Å². The number of ether oxygens (including phenoxy) is 1. The number of nitrogens with zero attached hydrogens (tertiary/aromatic N) is 1. The summed E-state index contributed by atoms with van der Waals surface area (Å²) in [5.74, 6) is 0.131. The highest BCUT2D eigenvalue weighted by Gasteiger charge is 2.14. The average Bonchev–Trinajstić information content (AvgIpc) is 2.30. The maximum atomic E-state index is 11.6. The third-order valence-electron chi connectivity index (χ3n) is 2.82. The molecule has 1 atom stereocenters. The van der Waals surface area contributed by atoms with Crippen LogP contribution in [0, 0.1) is 0 Å². The highest BCUT2D eigenvalue weighted by atomic mass is 16.5. The monoisotopic (exact) mass is 243 g/mol. The molecule has 17 heavy (non-hydrogen) atoms. The van der Waals surface area contributed by atoms with Gasteiger partial charge in [0.25, 0.3) is 0 Å². The normalized spacial score (nSPS) is 18.9. The largest absolute Gasteiger partial charge is 0.379 e. The molecule has 5 heteroatoms. The van der Waals surface area contributed by atoms with Crippen molar-refractivity contribution in [2.24, 2.45) is 0 Å². The van der Waals surface area contributed by atoms with Gasteiger partial charge in [0.2, 0.25) is 5.91 Å². The first-order valence-electron chi connectivity index (χ1n) is 6.52. The number of nitrogens with one attached hydrogen (secondary N) is 2. The van der Waals surface area contributed by atoms with Crippen LogP contribution in [0.1, 0.15) is 20.3 Å². The van der Waals surface area contributed by atoms with Crippen molar-refractivity contribution in [3.63, 3.8) is 0 Å². The van der Waals surface area contributed by atoms with Crippen LogP contribution in [0.5, 0.6) is 0 Å². The van der Waals surface area contributed by atoms with Gasteiger partial charge in [-0.05, 0) is 13.5 Å². The Morgan fingerprint density at radius 2 is 2.12 bits per heavy atom. The second-order valence-corrected chi connectivity index (χ2v) is 4.49. The molecule has 0 aromatic carbocycles. The number of rotatable bonds is 7. The van der Waals surface area contributed by atoms with Gasteiger partial charge in [0.05, 0.1) is 13.2 Å². The molecule has 0 aliphatic carbocycles. The van der Waals surface area contributed by atoms with Crippen LogP contribution in [0.15, 0.2) is 0 Å². The Morgan fingerprint density at radius 3 is 2.76 bits per heavy atom. The number of morpholine rings is 1. The Balaban J connectivity index is 2.10. The minimum Gasteiger partial charge on any atom is -0.379 e. The summed E-state index contributed by atoms with van der Waals surface area (Å²) in [6, 6.07) is 0.210. The van der Waals surface area contributed by atoms with E-state index >= 15 is 0 Å². The number of amides is 1. The van der Waals surface area contributed by atoms with Gasteiger partial charge >= 0.3 is 0 Å². The fourth-order valence-electron chi connectivity index (χ4n) is 1.94. The highest BCUT2D eigenvalue weighted by Crippen LogP contribution is 1.98. The standard InChI is InChI=1S/C12H25N3O2/c1-3-13-5-4-12(16)14-11(2)10-15-6-8-17-9-7-15/h11,13H,3-10H2,1-2H3,(H,14,16). The van der Waals surface area contributed by atoms with E-state index in [2.05, 4.69) is 22.5 Å². The first-order chi connectivity index (χ1) is 8.22. The third kappa shape index (κ3) is 6.61. The molecule has 1 saturated heterocycles. The van der Waals surface area contributed by atoms with E-state index in [-0.39, 0.29) is 11.9 Å². The number of hydrogen-bond acceptors (Lipinski definition) is 4. The lowest BCUT2D eigenvalue weighted by molar-refractivity contribution is -0.121. The summed E-state index contributed by atoms with van der Waals surface area (Å²) in [7, 11) is 0. The van der Waals surface area contributed by atoms with Gasteiger partial charge in [-0.1, -0.05) is 6.92 Å². The van der Waals surface area contributed by atoms with Gasteiger partial charge in [0.1, 0.15) is 0 Å². The van der Waals surface area contributed by atoms with Crippen molar-refractivity contribution >= 4 is 5.91 Å². The molecule has 0 bridgehead atoms. The minimum absolute atomic E-state index is 0.131. The SMILES string of the molecule is CCNCCC(=O)NC(C)CN1CCOCC1. The zero-order valence-corrected chi connectivity index (χ0v) is 11.0. The molecule has 1 aliphatic heterocycles. The molecule has 0 saturated carbocycles. The molecule has 1 rings (SSSR count). The Morgan fingerprint density at radius 1 is 1.41 bits per heavy atom. The van der Waals surface area contributed by atoms with Crippen molar-refractivity contribution in [2.45, 2.75) is 26.3 Å². The Kier molecular flexibility index (Phi) is 7.16. The lowest BCUT2D eigenvalue weighted by atomic mass is 10.2. The van der Waals surface area contributed by atoms with Gasteiger partial charge in [0, 0.05) is 38.6 Å². The van der Waals surface area contributed by atoms with Crippen molar-refractivity contribution in [1.29, 1.82) is 0 Å². The molecular weight excluding hydrogens is 218 g/mol. The van der Waals surface area contributed by atoms with Crippen LogP contribution < -0.4 is 10.6 Å². The van der Waals surface area contributed by atoms with E-state index in [0.717, 1.165) is 45.9 Å². The molecule has 0 aromatic heterocycles. The van der Waals surface area contributed by atoms with E-state index in [1.54, 1.807) is 0 Å². The summed E-state index contributed by atoms with van der Waals surface area (Å²) in [5.41, 5.74) is 0. The van der Waals surface area contributed by atoms with Crippen LogP contribution in [0.2, 0.25) is 0 Å². The van der Waals surface area contributed by atoms with Gasteiger partial charge in [0.15, 0.2) is 0 Å². The summed E-state index contributed by atoms with van der Waals surface area (Å²) in [6.45, 7) is 10.2. The van der Waals surface area contributed by atoms with E-state index < -0.39 is 0 Å². The first kappa shape index (κ1) is 14.4. The lowest BCUT2D eigenvalue weighted by Gasteiger charge is -2.29. The fraction of sp³-hybridized carbons (Fsp3) is 0.917. The topological polar surface area (TPSA) is 53.6 Å². The molecule has 1 heterocycles. The molecule has 0 spiro atoms. The third-order valence-corrected chi connectivity index (χ3v) is 2.82. The molecule has 1 aliphatic rings. The smallest absolute Gasteiger partial charge is 0.221 e. The number of carbonyl (C=O) groups excluding carboxylic acids is 1. The number of hydrogen-bond donors (Lipinski definition) is 2. The van der Waals surface area contributed by atoms with Crippen LogP contribution in [-0.4, -0.2) is 62.8 Å². The Hall–Kier alpha value is -0.650. The molecular formula is C12H25N3O2. The van der Waals surface area contributed by atoms with Crippen molar-refractivity contribution in [1.82, 2.24) is 15.5 Å². The summed E-state index contributed by atoms with van der Waals surface area (Å²) in [4.78, 5) is 13.9. The van der Waals surface area contributed by atoms with Crippen molar-refractivity contribution in [2.75, 3.05) is 45.9 Å². The van der Waals surface area contributed by atoms with Crippen LogP contribution in [0.3, 0.4) is 0 Å². The lowest BCUT2D eigenvalue weighted by Crippen LogP contribution is -2.46. The van der Waals surface area contributed by atoms with Gasteiger partial charge < -0.3 is 15.4 Å². The van der Waals surface area contributed by atoms with Crippen LogP contribution in [-0.2, 0) is 9.53 Å². The van der Waals surface area contributed by atoms with E-state index in [1.165, 1.54) is 0 Å². The fourth-order valence-corrected chi connectivity index (χ4v) is 1.94. The van der Waals surface area contributed by atoms with E-state index in [0.29, 0.717) is 6.42 Å². The van der Waals surface area contributed by atoms with E-state index in [9.17, 15) is 4.79 Å². The second kappa shape index (κ2) is 8.44. The molecule has 100 valence electrons. The predicted molar refractivity (Wildman–Crippen MR) is 68.0 cm³/mol. The molecule has 0 aromatic rings. The summed E-state index contributed by atoms with van der Waals surface area (Å²) in [5, 5.41) is 6.17. The van der Waals surface area contributed by atoms with Crippen molar-refractivity contribution in [3.8, 4) is 0 Å². The molecule has 5 nitrogen and oxygen atoms in total. The number of carbonyl (C=O) groups is 1. The Labute approximate surface area is 104 Å². The first-order valence-corrected chi connectivity index (χ1v) is 6.52. The van der Waals surface area contributed by atoms with Crippen LogP contribution >= 0.6 is 0 Å². The van der Waals surface area contributed by atoms with Gasteiger partial charge in [-0.25, -0.2) is 0 Å². The highest BCUT2D eigenvalue weighted by molar-refractivity contribution is 5.76. The molecule has 0 radical (unpaired) electrons. The molecule has 2 N–H and O–H groups in total. The average molecular weight is 243 g/mol. The molecule has 1 unspecified atom stereocenters. The second-order valence-electron chi connectivity index (χ2n) is 4.49. The van der Waals surface area contributed by atoms with E-state index in [1.807, 2.05) is 6.92 Å². The summed E-state index contributed by atoms with van der Waals surface area (Å²) < 4.78 is 5.29. The zero-order valence-electron chi connectivity index (χ0n) is 11.0. The summed E-state index contributed by atoms with van der Waals surface area (Å²) in [6.07, 6.45) is 0.557. The maximum absolute atomic E-state index is 11.6.